The first-order valence-corrected chi connectivity index (χ1v) is 7.72. The van der Waals surface area contributed by atoms with Crippen molar-refractivity contribution in [2.75, 3.05) is 0 Å². The molecule has 0 saturated carbocycles. The summed E-state index contributed by atoms with van der Waals surface area (Å²) in [6, 6.07) is 14.8. The van der Waals surface area contributed by atoms with Crippen LogP contribution in [-0.4, -0.2) is 5.11 Å². The predicted octanol–water partition coefficient (Wildman–Crippen LogP) is 4.58. The van der Waals surface area contributed by atoms with Gasteiger partial charge in [-0.2, -0.15) is 0 Å². The Morgan fingerprint density at radius 1 is 1.14 bits per heavy atom. The largest absolute Gasteiger partial charge is 0.508 e. The maximum absolute atomic E-state index is 9.85. The molecule has 0 amide bonds. The topological polar surface area (TPSA) is 45.4 Å². The fourth-order valence-corrected chi connectivity index (χ4v) is 3.30. The van der Waals surface area contributed by atoms with E-state index >= 15 is 0 Å². The molecule has 0 bridgehead atoms. The molecule has 21 heavy (non-hydrogen) atoms. The molecule has 0 aliphatic carbocycles. The molecule has 0 aliphatic rings. The van der Waals surface area contributed by atoms with Crippen LogP contribution in [0.4, 0.5) is 0 Å². The smallest absolute Gasteiger partial charge is 0.126 e. The maximum atomic E-state index is 9.85. The summed E-state index contributed by atoms with van der Waals surface area (Å²) in [5.74, 6) is 1.11. The number of hydrogen-bond donors (Lipinski definition) is 2. The Labute approximate surface area is 131 Å². The molecule has 1 aromatic carbocycles. The van der Waals surface area contributed by atoms with Crippen molar-refractivity contribution in [3.63, 3.8) is 0 Å². The summed E-state index contributed by atoms with van der Waals surface area (Å²) in [5, 5.41) is 13.3. The van der Waals surface area contributed by atoms with Gasteiger partial charge in [-0.05, 0) is 30.3 Å². The van der Waals surface area contributed by atoms with E-state index in [0.717, 1.165) is 20.5 Å². The third kappa shape index (κ3) is 3.29. The average Bonchev–Trinajstić information content (AvgIpc) is 3.13. The lowest BCUT2D eigenvalue weighted by Gasteiger charge is -2.15. The minimum Gasteiger partial charge on any atom is -0.508 e. The molecule has 0 aliphatic heterocycles. The van der Waals surface area contributed by atoms with E-state index in [9.17, 15) is 5.11 Å². The van der Waals surface area contributed by atoms with Gasteiger partial charge in [-0.15, -0.1) is 11.3 Å². The lowest BCUT2D eigenvalue weighted by molar-refractivity contribution is 0.437. The van der Waals surface area contributed by atoms with Gasteiger partial charge in [-0.1, -0.05) is 29.8 Å². The standard InChI is InChI=1S/C16H14ClNO2S/c17-15-8-7-14(21-15)16(13-6-3-9-20-13)18-10-11-4-1-2-5-12(11)19/h1-9,16,18-19H,10H2. The first kappa shape index (κ1) is 14.2. The van der Waals surface area contributed by atoms with E-state index in [-0.39, 0.29) is 11.8 Å². The van der Waals surface area contributed by atoms with Gasteiger partial charge in [0.1, 0.15) is 17.6 Å². The molecule has 0 saturated heterocycles. The van der Waals surface area contributed by atoms with Crippen molar-refractivity contribution < 1.29 is 9.52 Å². The van der Waals surface area contributed by atoms with Crippen LogP contribution in [-0.2, 0) is 6.54 Å². The summed E-state index contributed by atoms with van der Waals surface area (Å²) in [6.45, 7) is 0.535. The summed E-state index contributed by atoms with van der Waals surface area (Å²) in [4.78, 5) is 1.07. The van der Waals surface area contributed by atoms with Crippen LogP contribution in [0.15, 0.2) is 59.2 Å². The molecule has 108 valence electrons. The number of halogens is 1. The summed E-state index contributed by atoms with van der Waals surface area (Å²) in [5.41, 5.74) is 0.844. The number of benzene rings is 1. The van der Waals surface area contributed by atoms with Crippen LogP contribution in [0.1, 0.15) is 22.2 Å². The van der Waals surface area contributed by atoms with Gasteiger partial charge in [0.15, 0.2) is 0 Å². The second kappa shape index (κ2) is 6.35. The lowest BCUT2D eigenvalue weighted by Crippen LogP contribution is -2.20. The molecule has 5 heteroatoms. The van der Waals surface area contributed by atoms with Gasteiger partial charge in [-0.3, -0.25) is 5.32 Å². The van der Waals surface area contributed by atoms with Crippen molar-refractivity contribution in [1.82, 2.24) is 5.32 Å². The number of nitrogens with one attached hydrogen (secondary N) is 1. The Morgan fingerprint density at radius 2 is 2.00 bits per heavy atom. The van der Waals surface area contributed by atoms with Crippen LogP contribution in [0.3, 0.4) is 0 Å². The average molecular weight is 320 g/mol. The van der Waals surface area contributed by atoms with Gasteiger partial charge >= 0.3 is 0 Å². The van der Waals surface area contributed by atoms with Gasteiger partial charge in [0.2, 0.25) is 0 Å². The number of aromatic hydroxyl groups is 1. The second-order valence-corrected chi connectivity index (χ2v) is 6.35. The molecular weight excluding hydrogens is 306 g/mol. The van der Waals surface area contributed by atoms with Gasteiger partial charge in [-0.25, -0.2) is 0 Å². The zero-order valence-electron chi connectivity index (χ0n) is 11.1. The maximum Gasteiger partial charge on any atom is 0.126 e. The molecular formula is C16H14ClNO2S. The number of thiophene rings is 1. The number of rotatable bonds is 5. The third-order valence-electron chi connectivity index (χ3n) is 3.19. The van der Waals surface area contributed by atoms with E-state index in [4.69, 9.17) is 16.0 Å². The summed E-state index contributed by atoms with van der Waals surface area (Å²) in [6.07, 6.45) is 1.65. The molecule has 3 nitrogen and oxygen atoms in total. The monoisotopic (exact) mass is 319 g/mol. The van der Waals surface area contributed by atoms with Crippen molar-refractivity contribution in [1.29, 1.82) is 0 Å². The van der Waals surface area contributed by atoms with Gasteiger partial charge in [0.05, 0.1) is 10.6 Å². The molecule has 2 heterocycles. The number of phenolic OH excluding ortho intramolecular Hbond substituents is 1. The van der Waals surface area contributed by atoms with Gasteiger partial charge < -0.3 is 9.52 Å². The molecule has 2 N–H and O–H groups in total. The molecule has 1 unspecified atom stereocenters. The SMILES string of the molecule is Oc1ccccc1CNC(c1ccco1)c1ccc(Cl)s1. The van der Waals surface area contributed by atoms with Crippen LogP contribution < -0.4 is 5.32 Å². The highest BCUT2D eigenvalue weighted by Gasteiger charge is 2.18. The molecule has 3 rings (SSSR count). The summed E-state index contributed by atoms with van der Waals surface area (Å²) in [7, 11) is 0. The normalized spacial score (nSPS) is 12.4. The summed E-state index contributed by atoms with van der Waals surface area (Å²) < 4.78 is 6.26. The Kier molecular flexibility index (Phi) is 4.29. The molecule has 0 radical (unpaired) electrons. The van der Waals surface area contributed by atoms with Crippen LogP contribution in [0.5, 0.6) is 5.75 Å². The fraction of sp³-hybridized carbons (Fsp3) is 0.125. The number of hydrogen-bond acceptors (Lipinski definition) is 4. The molecule has 0 fully saturated rings. The lowest BCUT2D eigenvalue weighted by atomic mass is 10.1. The minimum absolute atomic E-state index is 0.0860. The van der Waals surface area contributed by atoms with Gasteiger partial charge in [0.25, 0.3) is 0 Å². The van der Waals surface area contributed by atoms with E-state index in [1.54, 1.807) is 12.3 Å². The second-order valence-electron chi connectivity index (χ2n) is 4.60. The van der Waals surface area contributed by atoms with Crippen molar-refractivity contribution in [3.8, 4) is 5.75 Å². The first-order chi connectivity index (χ1) is 10.2. The molecule has 0 spiro atoms. The minimum atomic E-state index is -0.0860. The van der Waals surface area contributed by atoms with Crippen molar-refractivity contribution in [3.05, 3.63) is 75.3 Å². The van der Waals surface area contributed by atoms with Crippen LogP contribution in [0.2, 0.25) is 4.34 Å². The van der Waals surface area contributed by atoms with E-state index in [1.165, 1.54) is 11.3 Å². The highest BCUT2D eigenvalue weighted by atomic mass is 35.5. The highest BCUT2D eigenvalue weighted by molar-refractivity contribution is 7.16. The van der Waals surface area contributed by atoms with Crippen LogP contribution in [0, 0.1) is 0 Å². The summed E-state index contributed by atoms with van der Waals surface area (Å²) >= 11 is 7.54. The number of furan rings is 1. The highest BCUT2D eigenvalue weighted by Crippen LogP contribution is 2.31. The van der Waals surface area contributed by atoms with E-state index in [0.29, 0.717) is 6.54 Å². The van der Waals surface area contributed by atoms with Gasteiger partial charge in [0, 0.05) is 17.0 Å². The van der Waals surface area contributed by atoms with Crippen molar-refractivity contribution >= 4 is 22.9 Å². The molecule has 2 aromatic heterocycles. The molecule has 3 aromatic rings. The quantitative estimate of drug-likeness (QED) is 0.723. The zero-order chi connectivity index (χ0) is 14.7. The number of para-hydroxylation sites is 1. The van der Waals surface area contributed by atoms with Crippen molar-refractivity contribution in [2.45, 2.75) is 12.6 Å². The predicted molar refractivity (Wildman–Crippen MR) is 84.8 cm³/mol. The van der Waals surface area contributed by atoms with Crippen molar-refractivity contribution in [2.24, 2.45) is 0 Å². The fourth-order valence-electron chi connectivity index (χ4n) is 2.15. The Balaban J connectivity index is 1.82. The molecule has 1 atom stereocenters. The van der Waals surface area contributed by atoms with Crippen LogP contribution >= 0.6 is 22.9 Å². The first-order valence-electron chi connectivity index (χ1n) is 6.53. The third-order valence-corrected chi connectivity index (χ3v) is 4.49. The zero-order valence-corrected chi connectivity index (χ0v) is 12.7. The Bertz CT molecular complexity index is 709. The van der Waals surface area contributed by atoms with E-state index in [1.807, 2.05) is 42.5 Å². The van der Waals surface area contributed by atoms with E-state index in [2.05, 4.69) is 5.32 Å². The Morgan fingerprint density at radius 3 is 2.67 bits per heavy atom. The van der Waals surface area contributed by atoms with Crippen LogP contribution in [0.25, 0.3) is 0 Å². The van der Waals surface area contributed by atoms with E-state index < -0.39 is 0 Å². The Hall–Kier alpha value is -1.75. The number of phenols is 1.